The van der Waals surface area contributed by atoms with Crippen LogP contribution in [0.1, 0.15) is 35.8 Å². The number of hydrogen-bond donors (Lipinski definition) is 2. The molecule has 1 aromatic carbocycles. The molecular weight excluding hydrogens is 330 g/mol. The zero-order chi connectivity index (χ0) is 18.3. The predicted molar refractivity (Wildman–Crippen MR) is 99.1 cm³/mol. The highest BCUT2D eigenvalue weighted by molar-refractivity contribution is 5.95. The first-order valence-corrected chi connectivity index (χ1v) is 8.26. The summed E-state index contributed by atoms with van der Waals surface area (Å²) in [5.74, 6) is -0.183. The van der Waals surface area contributed by atoms with Crippen LogP contribution < -0.4 is 5.32 Å². The van der Waals surface area contributed by atoms with Gasteiger partial charge in [-0.25, -0.2) is 14.8 Å². The lowest BCUT2D eigenvalue weighted by molar-refractivity contribution is 0.0691. The Kier molecular flexibility index (Phi) is 3.76. The van der Waals surface area contributed by atoms with E-state index < -0.39 is 5.97 Å². The Balaban J connectivity index is 1.90. The fourth-order valence-corrected chi connectivity index (χ4v) is 2.85. The minimum atomic E-state index is -1.08. The number of hydrogen-bond acceptors (Lipinski definition) is 5. The average molecular weight is 347 g/mol. The Bertz CT molecular complexity index is 1130. The second-order valence-corrected chi connectivity index (χ2v) is 6.36. The van der Waals surface area contributed by atoms with Crippen molar-refractivity contribution in [1.29, 1.82) is 0 Å². The molecule has 0 unspecified atom stereocenters. The topological polar surface area (TPSA) is 92.4 Å². The molecule has 26 heavy (non-hydrogen) atoms. The first-order chi connectivity index (χ1) is 12.5. The van der Waals surface area contributed by atoms with Gasteiger partial charge in [0.05, 0.1) is 10.9 Å². The van der Waals surface area contributed by atoms with E-state index in [1.807, 2.05) is 12.1 Å². The Hall–Kier alpha value is -3.48. The molecule has 0 saturated carbocycles. The molecule has 7 nitrogen and oxygen atoms in total. The highest BCUT2D eigenvalue weighted by Crippen LogP contribution is 2.25. The summed E-state index contributed by atoms with van der Waals surface area (Å²) in [4.78, 5) is 24.3. The number of carbonyl (C=O) groups is 1. The van der Waals surface area contributed by atoms with E-state index >= 15 is 0 Å². The minimum absolute atomic E-state index is 0.0397. The molecule has 130 valence electrons. The third-order valence-corrected chi connectivity index (χ3v) is 4.23. The summed E-state index contributed by atoms with van der Waals surface area (Å²) < 4.78 is 1.65. The van der Waals surface area contributed by atoms with Crippen LogP contribution in [0.25, 0.3) is 16.6 Å². The first kappa shape index (κ1) is 16.0. The number of pyridine rings is 1. The fourth-order valence-electron chi connectivity index (χ4n) is 2.85. The SMILES string of the molecule is CC(C)c1cccc(Nc2nc3ccncc3c3nc(C(=O)O)cn23)c1. The lowest BCUT2D eigenvalue weighted by Crippen LogP contribution is -2.02. The zero-order valence-electron chi connectivity index (χ0n) is 14.3. The molecular formula is C19H17N5O2. The van der Waals surface area contributed by atoms with E-state index in [0.29, 0.717) is 28.4 Å². The Morgan fingerprint density at radius 1 is 1.23 bits per heavy atom. The smallest absolute Gasteiger partial charge is 0.356 e. The van der Waals surface area contributed by atoms with Gasteiger partial charge in [0.2, 0.25) is 5.95 Å². The molecule has 0 aliphatic heterocycles. The molecule has 7 heteroatoms. The Labute approximate surface area is 149 Å². The molecule has 0 radical (unpaired) electrons. The van der Waals surface area contributed by atoms with Gasteiger partial charge < -0.3 is 10.4 Å². The number of rotatable bonds is 4. The first-order valence-electron chi connectivity index (χ1n) is 8.26. The highest BCUT2D eigenvalue weighted by atomic mass is 16.4. The van der Waals surface area contributed by atoms with Crippen LogP contribution in [0, 0.1) is 0 Å². The third kappa shape index (κ3) is 2.73. The van der Waals surface area contributed by atoms with Crippen LogP contribution in [0.2, 0.25) is 0 Å². The van der Waals surface area contributed by atoms with Gasteiger partial charge in [-0.15, -0.1) is 0 Å². The molecule has 0 atom stereocenters. The van der Waals surface area contributed by atoms with Crippen molar-refractivity contribution >= 4 is 34.2 Å². The van der Waals surface area contributed by atoms with E-state index in [2.05, 4.69) is 46.2 Å². The van der Waals surface area contributed by atoms with Crippen molar-refractivity contribution < 1.29 is 9.90 Å². The van der Waals surface area contributed by atoms with Gasteiger partial charge in [-0.05, 0) is 29.7 Å². The predicted octanol–water partition coefficient (Wildman–Crippen LogP) is 3.84. The number of carboxylic acid groups (broad SMARTS) is 1. The molecule has 0 aliphatic rings. The molecule has 2 N–H and O–H groups in total. The second-order valence-electron chi connectivity index (χ2n) is 6.36. The standard InChI is InChI=1S/C19H17N5O2/c1-11(2)12-4-3-5-13(8-12)21-19-23-15-6-7-20-9-14(15)17-22-16(18(25)26)10-24(17)19/h3-11H,1-2H3,(H,21,23)(H,25,26). The monoisotopic (exact) mass is 347 g/mol. The zero-order valence-corrected chi connectivity index (χ0v) is 14.3. The quantitative estimate of drug-likeness (QED) is 0.583. The van der Waals surface area contributed by atoms with Gasteiger partial charge in [-0.3, -0.25) is 9.38 Å². The van der Waals surface area contributed by atoms with Gasteiger partial charge in [0, 0.05) is 24.3 Å². The molecule has 4 rings (SSSR count). The molecule has 0 saturated heterocycles. The van der Waals surface area contributed by atoms with Gasteiger partial charge in [0.15, 0.2) is 11.3 Å². The second kappa shape index (κ2) is 6.11. The fraction of sp³-hybridized carbons (Fsp3) is 0.158. The van der Waals surface area contributed by atoms with Crippen molar-refractivity contribution in [3.63, 3.8) is 0 Å². The summed E-state index contributed by atoms with van der Waals surface area (Å²) in [7, 11) is 0. The van der Waals surface area contributed by atoms with E-state index in [-0.39, 0.29) is 5.69 Å². The van der Waals surface area contributed by atoms with E-state index in [9.17, 15) is 9.90 Å². The summed E-state index contributed by atoms with van der Waals surface area (Å²) >= 11 is 0. The van der Waals surface area contributed by atoms with Crippen molar-refractivity contribution in [2.75, 3.05) is 5.32 Å². The largest absolute Gasteiger partial charge is 0.476 e. The number of nitrogens with zero attached hydrogens (tertiary/aromatic N) is 4. The number of benzene rings is 1. The average Bonchev–Trinajstić information content (AvgIpc) is 3.08. The van der Waals surface area contributed by atoms with Gasteiger partial charge in [0.25, 0.3) is 0 Å². The number of fused-ring (bicyclic) bond motifs is 3. The van der Waals surface area contributed by atoms with Gasteiger partial charge >= 0.3 is 5.97 Å². The van der Waals surface area contributed by atoms with Crippen molar-refractivity contribution in [3.8, 4) is 0 Å². The number of carboxylic acids is 1. The minimum Gasteiger partial charge on any atom is -0.476 e. The van der Waals surface area contributed by atoms with Crippen LogP contribution in [0.3, 0.4) is 0 Å². The summed E-state index contributed by atoms with van der Waals surface area (Å²) in [6, 6.07) is 9.84. The molecule has 0 amide bonds. The molecule has 0 spiro atoms. The summed E-state index contributed by atoms with van der Waals surface area (Å²) in [6.45, 7) is 4.27. The van der Waals surface area contributed by atoms with E-state index in [1.165, 1.54) is 11.8 Å². The van der Waals surface area contributed by atoms with Crippen LogP contribution >= 0.6 is 0 Å². The molecule has 0 bridgehead atoms. The van der Waals surface area contributed by atoms with E-state index in [1.54, 1.807) is 22.9 Å². The van der Waals surface area contributed by atoms with Crippen LogP contribution in [0.5, 0.6) is 0 Å². The maximum absolute atomic E-state index is 11.4. The Morgan fingerprint density at radius 3 is 2.85 bits per heavy atom. The van der Waals surface area contributed by atoms with Crippen molar-refractivity contribution in [3.05, 3.63) is 60.2 Å². The maximum atomic E-state index is 11.4. The Morgan fingerprint density at radius 2 is 2.08 bits per heavy atom. The van der Waals surface area contributed by atoms with Gasteiger partial charge in [-0.1, -0.05) is 26.0 Å². The van der Waals surface area contributed by atoms with Crippen molar-refractivity contribution in [2.24, 2.45) is 0 Å². The third-order valence-electron chi connectivity index (χ3n) is 4.23. The molecule has 4 aromatic rings. The number of imidazole rings is 1. The molecule has 3 heterocycles. The van der Waals surface area contributed by atoms with Crippen LogP contribution in [-0.2, 0) is 0 Å². The summed E-state index contributed by atoms with van der Waals surface area (Å²) in [5, 5.41) is 13.3. The normalized spacial score (nSPS) is 11.3. The summed E-state index contributed by atoms with van der Waals surface area (Å²) in [6.07, 6.45) is 4.75. The number of anilines is 2. The van der Waals surface area contributed by atoms with Gasteiger partial charge in [0.1, 0.15) is 0 Å². The molecule has 3 aromatic heterocycles. The lowest BCUT2D eigenvalue weighted by atomic mass is 10.0. The number of nitrogens with one attached hydrogen (secondary N) is 1. The molecule has 0 aliphatic carbocycles. The van der Waals surface area contributed by atoms with Crippen molar-refractivity contribution in [1.82, 2.24) is 19.4 Å². The van der Waals surface area contributed by atoms with Crippen LogP contribution in [0.15, 0.2) is 48.9 Å². The highest BCUT2D eigenvalue weighted by Gasteiger charge is 2.15. The lowest BCUT2D eigenvalue weighted by Gasteiger charge is -2.12. The van der Waals surface area contributed by atoms with Crippen LogP contribution in [0.4, 0.5) is 11.6 Å². The van der Waals surface area contributed by atoms with E-state index in [4.69, 9.17) is 0 Å². The van der Waals surface area contributed by atoms with Crippen molar-refractivity contribution in [2.45, 2.75) is 19.8 Å². The number of aromatic nitrogens is 4. The summed E-state index contributed by atoms with van der Waals surface area (Å²) in [5.41, 5.74) is 3.24. The molecule has 0 fully saturated rings. The number of aromatic carboxylic acids is 1. The maximum Gasteiger partial charge on any atom is 0.356 e. The van der Waals surface area contributed by atoms with E-state index in [0.717, 1.165) is 5.69 Å². The van der Waals surface area contributed by atoms with Gasteiger partial charge in [-0.2, -0.15) is 0 Å². The van der Waals surface area contributed by atoms with Crippen LogP contribution in [-0.4, -0.2) is 30.4 Å².